The number of methoxy groups -OCH3 is 2. The van der Waals surface area contributed by atoms with E-state index in [0.717, 1.165) is 12.5 Å². The van der Waals surface area contributed by atoms with Crippen LogP contribution in [-0.2, 0) is 66.4 Å². The van der Waals surface area contributed by atoms with Crippen molar-refractivity contribution < 1.29 is 152 Å². The summed E-state index contributed by atoms with van der Waals surface area (Å²) in [5.41, 5.74) is -2.12. The van der Waals surface area contributed by atoms with Crippen molar-refractivity contribution in [1.82, 2.24) is 0 Å². The van der Waals surface area contributed by atoms with Crippen molar-refractivity contribution in [1.29, 1.82) is 0 Å². The minimum absolute atomic E-state index is 0.00279. The zero-order valence-corrected chi connectivity index (χ0v) is 55.7. The van der Waals surface area contributed by atoms with Gasteiger partial charge in [-0.3, -0.25) is 9.59 Å². The molecule has 14 N–H and O–H groups in total. The normalized spacial score (nSPS) is 45.6. The topological polar surface area (TPSA) is 464 Å². The van der Waals surface area contributed by atoms with Gasteiger partial charge in [-0.05, 0) is 98.7 Å². The van der Waals surface area contributed by atoms with E-state index in [2.05, 4.69) is 13.0 Å². The SMILES string of the molecule is COc1ccc(C(=O)OC2C(O)COC(OC3C(O)COC(OC4CC5C6CC=C7CC(OC8OC(COC9OC(CO)C(OC%10OC(CO)C(O)C(O)C%10O)C(O)C9O)C(O)C(O)C8O)CCC7(C)C6CCC5(C)C4(O)C(C)C(=O)CCC(C)C)C3OC(C)=O)C2O)cc1OC. The van der Waals surface area contributed by atoms with Crippen molar-refractivity contribution in [2.45, 2.75) is 258 Å². The second kappa shape index (κ2) is 31.0. The zero-order valence-electron chi connectivity index (χ0n) is 55.7. The Bertz CT molecular complexity index is 2860. The average Bonchev–Trinajstić information content (AvgIpc) is 1.58. The number of esters is 2. The van der Waals surface area contributed by atoms with Gasteiger partial charge in [-0.15, -0.1) is 0 Å². The highest BCUT2D eigenvalue weighted by molar-refractivity contribution is 5.90. The predicted octanol–water partition coefficient (Wildman–Crippen LogP) is -2.49. The molecule has 0 radical (unpaired) electrons. The molecule has 32 atom stereocenters. The van der Waals surface area contributed by atoms with Crippen LogP contribution in [0.5, 0.6) is 11.5 Å². The molecular formula is C66H100O31. The molecule has 5 heterocycles. The monoisotopic (exact) mass is 1390 g/mol. The number of carbonyl (C=O) groups is 3. The first-order valence-electron chi connectivity index (χ1n) is 33.6. The Morgan fingerprint density at radius 3 is 1.88 bits per heavy atom. The van der Waals surface area contributed by atoms with Crippen molar-refractivity contribution in [2.75, 3.05) is 47.3 Å². The van der Waals surface area contributed by atoms with Crippen LogP contribution in [-0.4, -0.2) is 296 Å². The van der Waals surface area contributed by atoms with Gasteiger partial charge in [0.25, 0.3) is 0 Å². The third-order valence-corrected chi connectivity index (χ3v) is 22.4. The molecule has 0 amide bonds. The number of benzene rings is 1. The van der Waals surface area contributed by atoms with Gasteiger partial charge in [-0.25, -0.2) is 4.79 Å². The third-order valence-electron chi connectivity index (χ3n) is 22.4. The molecule has 3 saturated carbocycles. The number of fused-ring (bicyclic) bond motifs is 5. The molecule has 550 valence electrons. The molecule has 4 aliphatic carbocycles. The number of hydrogen-bond donors (Lipinski definition) is 14. The second-order valence-electron chi connectivity index (χ2n) is 28.5. The minimum Gasteiger partial charge on any atom is -0.493 e. The van der Waals surface area contributed by atoms with Crippen LogP contribution in [0.2, 0.25) is 0 Å². The maximum atomic E-state index is 14.5. The summed E-state index contributed by atoms with van der Waals surface area (Å²) in [6.45, 7) is 7.85. The van der Waals surface area contributed by atoms with Gasteiger partial charge in [0.2, 0.25) is 0 Å². The van der Waals surface area contributed by atoms with E-state index in [4.69, 9.17) is 66.3 Å². The van der Waals surface area contributed by atoms with E-state index in [-0.39, 0.29) is 53.6 Å². The number of ether oxygens (including phenoxy) is 14. The van der Waals surface area contributed by atoms with Gasteiger partial charge in [-0.2, -0.15) is 0 Å². The smallest absolute Gasteiger partial charge is 0.338 e. The molecule has 31 nitrogen and oxygen atoms in total. The fourth-order valence-electron chi connectivity index (χ4n) is 16.7. The number of rotatable bonds is 23. The third kappa shape index (κ3) is 14.8. The summed E-state index contributed by atoms with van der Waals surface area (Å²) in [7, 11) is 2.80. The number of allylic oxidation sites excluding steroid dienone is 1. The van der Waals surface area contributed by atoms with E-state index in [1.807, 2.05) is 20.8 Å². The molecule has 97 heavy (non-hydrogen) atoms. The van der Waals surface area contributed by atoms with Gasteiger partial charge in [0.05, 0.1) is 65.0 Å². The van der Waals surface area contributed by atoms with E-state index in [1.165, 1.54) is 32.4 Å². The fourth-order valence-corrected chi connectivity index (χ4v) is 16.7. The molecule has 32 unspecified atom stereocenters. The van der Waals surface area contributed by atoms with E-state index in [0.29, 0.717) is 50.7 Å². The lowest BCUT2D eigenvalue weighted by Crippen LogP contribution is -2.65. The summed E-state index contributed by atoms with van der Waals surface area (Å²) in [6, 6.07) is 4.24. The number of hydrogen-bond acceptors (Lipinski definition) is 31. The number of ketones is 1. The maximum absolute atomic E-state index is 14.5. The highest BCUT2D eigenvalue weighted by Crippen LogP contribution is 2.69. The quantitative estimate of drug-likeness (QED) is 0.0398. The van der Waals surface area contributed by atoms with Crippen LogP contribution in [0.4, 0.5) is 0 Å². The molecule has 9 aliphatic rings. The van der Waals surface area contributed by atoms with Crippen LogP contribution >= 0.6 is 0 Å². The van der Waals surface area contributed by atoms with Crippen LogP contribution in [0, 0.1) is 40.4 Å². The zero-order chi connectivity index (χ0) is 70.5. The van der Waals surface area contributed by atoms with Crippen LogP contribution in [0.15, 0.2) is 29.8 Å². The Balaban J connectivity index is 0.819. The number of Topliss-reactive ketones (excluding diaryl/α,β-unsaturated/α-hetero) is 1. The Morgan fingerprint density at radius 1 is 0.619 bits per heavy atom. The maximum Gasteiger partial charge on any atom is 0.338 e. The fraction of sp³-hybridized carbons (Fsp3) is 0.833. The molecule has 10 rings (SSSR count). The molecule has 5 saturated heterocycles. The van der Waals surface area contributed by atoms with Crippen molar-refractivity contribution in [3.8, 4) is 11.5 Å². The van der Waals surface area contributed by atoms with Crippen molar-refractivity contribution in [2.24, 2.45) is 40.4 Å². The summed E-state index contributed by atoms with van der Waals surface area (Å²) in [4.78, 5) is 41.0. The van der Waals surface area contributed by atoms with Crippen LogP contribution in [0.3, 0.4) is 0 Å². The summed E-state index contributed by atoms with van der Waals surface area (Å²) in [5, 5.41) is 155. The number of aliphatic hydroxyl groups is 14. The largest absolute Gasteiger partial charge is 0.493 e. The molecular weight excluding hydrogens is 1290 g/mol. The standard InChI is InChI=1S/C66H100O31/c1-27(2)9-13-36(70)28(3)66(83)44(94-63-57(89-29(4)69)55(38(72)25-87-63)96-60-53(81)54(37(71)24-86-60)95-58(82)30-10-14-39(84-7)40(19-30)85-8)21-35-33-12-11-31-20-32(15-17-64(31,5)34(33)16-18-65(35,66)6)90-61-50(78)48(76)46(74)43(93-61)26-88-59-52(80)49(77)56(42(23-68)92-59)97-62-51(79)47(75)45(73)41(22-67)91-62/h10-11,14,19,27-28,32-35,37-38,41-57,59-63,67-68,71-81,83H,9,12-13,15-18,20-26H2,1-8H3. The first-order valence-corrected chi connectivity index (χ1v) is 33.6. The summed E-state index contributed by atoms with van der Waals surface area (Å²) in [6.07, 6.45) is -33.8. The van der Waals surface area contributed by atoms with Crippen LogP contribution in [0.25, 0.3) is 0 Å². The lowest BCUT2D eigenvalue weighted by molar-refractivity contribution is -0.365. The van der Waals surface area contributed by atoms with E-state index < -0.39 is 221 Å². The number of aliphatic hydroxyl groups excluding tert-OH is 13. The Hall–Kier alpha value is -3.79. The van der Waals surface area contributed by atoms with Crippen molar-refractivity contribution in [3.05, 3.63) is 35.4 Å². The molecule has 1 aromatic rings. The molecule has 0 aromatic heterocycles. The predicted molar refractivity (Wildman–Crippen MR) is 326 cm³/mol. The van der Waals surface area contributed by atoms with Gasteiger partial charge in [0.15, 0.2) is 55.2 Å². The van der Waals surface area contributed by atoms with Gasteiger partial charge < -0.3 is 138 Å². The Labute approximate surface area is 561 Å². The molecule has 31 heteroatoms. The molecule has 0 spiro atoms. The first-order chi connectivity index (χ1) is 45.9. The first kappa shape index (κ1) is 75.9. The van der Waals surface area contributed by atoms with Gasteiger partial charge >= 0.3 is 11.9 Å². The average molecular weight is 1390 g/mol. The van der Waals surface area contributed by atoms with E-state index >= 15 is 0 Å². The highest BCUT2D eigenvalue weighted by Gasteiger charge is 2.71. The second-order valence-corrected chi connectivity index (χ2v) is 28.5. The summed E-state index contributed by atoms with van der Waals surface area (Å²) in [5.74, 6) is -2.49. The number of carbonyl (C=O) groups excluding carboxylic acids is 3. The van der Waals surface area contributed by atoms with E-state index in [9.17, 15) is 85.9 Å². The van der Waals surface area contributed by atoms with Gasteiger partial charge in [0, 0.05) is 24.7 Å². The lowest BCUT2D eigenvalue weighted by Gasteiger charge is -2.59. The van der Waals surface area contributed by atoms with Gasteiger partial charge in [-0.1, -0.05) is 46.3 Å². The van der Waals surface area contributed by atoms with Crippen LogP contribution < -0.4 is 9.47 Å². The Kier molecular flexibility index (Phi) is 24.3. The van der Waals surface area contributed by atoms with E-state index in [1.54, 1.807) is 6.92 Å². The molecule has 1 aromatic carbocycles. The summed E-state index contributed by atoms with van der Waals surface area (Å²) < 4.78 is 82.2. The summed E-state index contributed by atoms with van der Waals surface area (Å²) >= 11 is 0. The van der Waals surface area contributed by atoms with Crippen LogP contribution in [0.1, 0.15) is 110 Å². The van der Waals surface area contributed by atoms with Gasteiger partial charge in [0.1, 0.15) is 109 Å². The molecule has 8 fully saturated rings. The molecule has 5 aliphatic heterocycles. The highest BCUT2D eigenvalue weighted by atomic mass is 16.8. The lowest BCUT2D eigenvalue weighted by atomic mass is 9.46. The molecule has 0 bridgehead atoms. The van der Waals surface area contributed by atoms with Crippen molar-refractivity contribution in [3.63, 3.8) is 0 Å². The van der Waals surface area contributed by atoms with Crippen molar-refractivity contribution >= 4 is 17.7 Å². The Morgan fingerprint density at radius 2 is 1.23 bits per heavy atom. The minimum atomic E-state index is -1.92.